The molecule has 1 aliphatic heterocycles. The van der Waals surface area contributed by atoms with E-state index in [4.69, 9.17) is 13.9 Å². The number of carbonyl (C=O) groups is 1. The number of hydrogen-bond acceptors (Lipinski definition) is 4. The summed E-state index contributed by atoms with van der Waals surface area (Å²) in [6.45, 7) is 7.44. The van der Waals surface area contributed by atoms with Crippen molar-refractivity contribution in [2.45, 2.75) is 26.9 Å². The number of fused-ring (bicyclic) bond motifs is 2. The van der Waals surface area contributed by atoms with Crippen LogP contribution in [0.4, 0.5) is 10.5 Å². The topological polar surface area (TPSA) is 60.7 Å². The van der Waals surface area contributed by atoms with Gasteiger partial charge in [-0.25, -0.2) is 4.79 Å². The van der Waals surface area contributed by atoms with E-state index >= 15 is 0 Å². The molecule has 1 N–H and O–H groups in total. The lowest BCUT2D eigenvalue weighted by Gasteiger charge is -2.54. The summed E-state index contributed by atoms with van der Waals surface area (Å²) in [7, 11) is 0. The number of para-hydroxylation sites is 1. The van der Waals surface area contributed by atoms with Gasteiger partial charge in [0.15, 0.2) is 0 Å². The van der Waals surface area contributed by atoms with Crippen LogP contribution in [-0.2, 0) is 9.47 Å². The van der Waals surface area contributed by atoms with E-state index in [1.807, 2.05) is 42.5 Å². The molecule has 5 atom stereocenters. The molecule has 2 aromatic rings. The molecule has 148 valence electrons. The van der Waals surface area contributed by atoms with Crippen LogP contribution in [0.3, 0.4) is 0 Å². The molecule has 28 heavy (non-hydrogen) atoms. The first kappa shape index (κ1) is 18.8. The minimum atomic E-state index is -0.434. The van der Waals surface area contributed by atoms with Gasteiger partial charge in [0.25, 0.3) is 0 Å². The Kier molecular flexibility index (Phi) is 5.02. The molecule has 1 aromatic heterocycles. The highest BCUT2D eigenvalue weighted by Gasteiger charge is 2.55. The van der Waals surface area contributed by atoms with E-state index in [2.05, 4.69) is 32.2 Å². The molecule has 1 saturated heterocycles. The lowest BCUT2D eigenvalue weighted by Crippen LogP contribution is -2.54. The number of allylic oxidation sites excluding steroid dienone is 1. The summed E-state index contributed by atoms with van der Waals surface area (Å²) in [4.78, 5) is 12.3. The van der Waals surface area contributed by atoms with Gasteiger partial charge in [-0.05, 0) is 43.0 Å². The van der Waals surface area contributed by atoms with Crippen LogP contribution in [0.5, 0.6) is 0 Å². The number of furan rings is 1. The average molecular weight is 381 g/mol. The third-order valence-corrected chi connectivity index (χ3v) is 6.56. The van der Waals surface area contributed by atoms with E-state index in [0.29, 0.717) is 19.1 Å². The van der Waals surface area contributed by atoms with Crippen LogP contribution < -0.4 is 5.32 Å². The zero-order chi connectivity index (χ0) is 19.7. The maximum atomic E-state index is 12.3. The fraction of sp³-hybridized carbons (Fsp3) is 0.435. The van der Waals surface area contributed by atoms with Crippen molar-refractivity contribution in [2.24, 2.45) is 23.2 Å². The van der Waals surface area contributed by atoms with Crippen molar-refractivity contribution in [3.05, 3.63) is 66.1 Å². The van der Waals surface area contributed by atoms with Gasteiger partial charge < -0.3 is 13.9 Å². The monoisotopic (exact) mass is 381 g/mol. The minimum Gasteiger partial charge on any atom is -0.467 e. The second-order valence-corrected chi connectivity index (χ2v) is 8.06. The summed E-state index contributed by atoms with van der Waals surface area (Å²) in [5.74, 6) is 1.61. The second kappa shape index (κ2) is 7.47. The summed E-state index contributed by atoms with van der Waals surface area (Å²) in [6, 6.07) is 13.2. The van der Waals surface area contributed by atoms with Crippen LogP contribution in [0.25, 0.3) is 0 Å². The molecule has 2 aliphatic rings. The zero-order valence-electron chi connectivity index (χ0n) is 16.6. The molecule has 5 heteroatoms. The first-order valence-corrected chi connectivity index (χ1v) is 9.83. The highest BCUT2D eigenvalue weighted by atomic mass is 16.6. The van der Waals surface area contributed by atoms with Crippen LogP contribution in [0.1, 0.15) is 32.6 Å². The Labute approximate surface area is 165 Å². The predicted octanol–water partition coefficient (Wildman–Crippen LogP) is 5.43. The Morgan fingerprint density at radius 2 is 2.00 bits per heavy atom. The molecule has 0 unspecified atom stereocenters. The van der Waals surface area contributed by atoms with Crippen molar-refractivity contribution >= 4 is 11.8 Å². The number of nitrogens with one attached hydrogen (secondary N) is 1. The van der Waals surface area contributed by atoms with Gasteiger partial charge >= 0.3 is 6.09 Å². The number of hydrogen-bond donors (Lipinski definition) is 1. The van der Waals surface area contributed by atoms with E-state index in [-0.39, 0.29) is 23.4 Å². The molecule has 0 saturated carbocycles. The molecule has 5 nitrogen and oxygen atoms in total. The number of amides is 1. The lowest BCUT2D eigenvalue weighted by atomic mass is 9.56. The Morgan fingerprint density at radius 1 is 1.21 bits per heavy atom. The maximum absolute atomic E-state index is 12.3. The van der Waals surface area contributed by atoms with E-state index in [1.165, 1.54) is 5.57 Å². The van der Waals surface area contributed by atoms with Gasteiger partial charge in [0.2, 0.25) is 0 Å². The first-order valence-electron chi connectivity index (χ1n) is 9.83. The first-order chi connectivity index (χ1) is 13.5. The van der Waals surface area contributed by atoms with Gasteiger partial charge in [-0.2, -0.15) is 0 Å². The van der Waals surface area contributed by atoms with E-state index in [0.717, 1.165) is 11.4 Å². The number of anilines is 1. The quantitative estimate of drug-likeness (QED) is 0.717. The average Bonchev–Trinajstić information content (AvgIpc) is 3.21. The van der Waals surface area contributed by atoms with E-state index < -0.39 is 6.09 Å². The standard InChI is InChI=1S/C23H27NO4/c1-15-12-16(2)23(14-28-22(25)24-18-8-5-4-6-9-18)13-27-21(20(15)17(23)3)19-10-7-11-26-19/h4-12,16-17,20-21H,13-14H2,1-3H3,(H,24,25)/t16-,17-,20-,21+,23-/m1/s1. The zero-order valence-corrected chi connectivity index (χ0v) is 16.6. The Morgan fingerprint density at radius 3 is 2.71 bits per heavy atom. The molecule has 2 heterocycles. The van der Waals surface area contributed by atoms with Gasteiger partial charge in [-0.15, -0.1) is 0 Å². The Bertz CT molecular complexity index is 845. The molecule has 0 spiro atoms. The van der Waals surface area contributed by atoms with Gasteiger partial charge in [-0.3, -0.25) is 5.32 Å². The van der Waals surface area contributed by atoms with Crippen molar-refractivity contribution in [3.8, 4) is 0 Å². The highest BCUT2D eigenvalue weighted by molar-refractivity contribution is 5.84. The fourth-order valence-electron chi connectivity index (χ4n) is 4.84. The second-order valence-electron chi connectivity index (χ2n) is 8.06. The summed E-state index contributed by atoms with van der Waals surface area (Å²) >= 11 is 0. The van der Waals surface area contributed by atoms with Crippen LogP contribution >= 0.6 is 0 Å². The van der Waals surface area contributed by atoms with Gasteiger partial charge in [-0.1, -0.05) is 43.7 Å². The highest BCUT2D eigenvalue weighted by Crippen LogP contribution is 2.56. The van der Waals surface area contributed by atoms with Gasteiger partial charge in [0.05, 0.1) is 12.9 Å². The third kappa shape index (κ3) is 3.24. The predicted molar refractivity (Wildman–Crippen MR) is 107 cm³/mol. The van der Waals surface area contributed by atoms with Crippen molar-refractivity contribution < 1.29 is 18.7 Å². The molecule has 1 fully saturated rings. The Balaban J connectivity index is 1.51. The lowest BCUT2D eigenvalue weighted by molar-refractivity contribution is -0.169. The molecule has 2 bridgehead atoms. The van der Waals surface area contributed by atoms with Crippen LogP contribution in [0.15, 0.2) is 64.8 Å². The van der Waals surface area contributed by atoms with Gasteiger partial charge in [0.1, 0.15) is 18.5 Å². The maximum Gasteiger partial charge on any atom is 0.411 e. The van der Waals surface area contributed by atoms with Crippen LogP contribution in [0, 0.1) is 23.2 Å². The molecule has 0 radical (unpaired) electrons. The smallest absolute Gasteiger partial charge is 0.411 e. The van der Waals surface area contributed by atoms with Crippen molar-refractivity contribution in [1.29, 1.82) is 0 Å². The minimum absolute atomic E-state index is 0.0972. The SMILES string of the molecule is CC1=C[C@@H](C)[C@]2(COC(=O)Nc3ccccc3)CO[C@@H](c3ccco3)[C@H]1[C@H]2C. The van der Waals surface area contributed by atoms with Crippen molar-refractivity contribution in [1.82, 2.24) is 0 Å². The van der Waals surface area contributed by atoms with Crippen molar-refractivity contribution in [3.63, 3.8) is 0 Å². The number of benzene rings is 1. The number of rotatable bonds is 4. The van der Waals surface area contributed by atoms with Crippen molar-refractivity contribution in [2.75, 3.05) is 18.5 Å². The molecule has 1 aliphatic carbocycles. The van der Waals surface area contributed by atoms with Crippen LogP contribution in [0.2, 0.25) is 0 Å². The molecule has 1 amide bonds. The Hall–Kier alpha value is -2.53. The molecular formula is C23H27NO4. The van der Waals surface area contributed by atoms with Gasteiger partial charge in [0, 0.05) is 17.0 Å². The normalized spacial score (nSPS) is 31.8. The molecule has 1 aromatic carbocycles. The van der Waals surface area contributed by atoms with E-state index in [9.17, 15) is 4.79 Å². The number of carbonyl (C=O) groups excluding carboxylic acids is 1. The van der Waals surface area contributed by atoms with Crippen LogP contribution in [-0.4, -0.2) is 19.3 Å². The largest absolute Gasteiger partial charge is 0.467 e. The summed E-state index contributed by atoms with van der Waals surface area (Å²) in [5.41, 5.74) is 1.79. The molecule has 4 rings (SSSR count). The molecular weight excluding hydrogens is 354 g/mol. The number of ether oxygens (including phenoxy) is 2. The third-order valence-electron chi connectivity index (χ3n) is 6.56. The van der Waals surface area contributed by atoms with E-state index in [1.54, 1.807) is 6.26 Å². The summed E-state index contributed by atoms with van der Waals surface area (Å²) in [6.07, 6.45) is 3.46. The fourth-order valence-corrected chi connectivity index (χ4v) is 4.84. The summed E-state index contributed by atoms with van der Waals surface area (Å²) < 4.78 is 17.6. The summed E-state index contributed by atoms with van der Waals surface area (Å²) in [5, 5.41) is 2.79.